The number of hydrogen-bond donors (Lipinski definition) is 1. The molecular formula is C19H12FN3O3S. The molecular weight excluding hydrogens is 369 g/mol. The first-order chi connectivity index (χ1) is 13.0. The first-order valence-electron chi connectivity index (χ1n) is 7.95. The van der Waals surface area contributed by atoms with Crippen LogP contribution in [0.4, 0.5) is 4.39 Å². The molecule has 1 aromatic carbocycles. The molecule has 0 atom stereocenters. The molecule has 0 saturated carbocycles. The van der Waals surface area contributed by atoms with E-state index >= 15 is 0 Å². The van der Waals surface area contributed by atoms with Gasteiger partial charge in [0.25, 0.3) is 5.56 Å². The number of nitrogens with zero attached hydrogens (tertiary/aromatic N) is 3. The van der Waals surface area contributed by atoms with Crippen LogP contribution in [0.5, 0.6) is 0 Å². The van der Waals surface area contributed by atoms with Crippen LogP contribution < -0.4 is 5.56 Å². The second-order valence-electron chi connectivity index (χ2n) is 5.80. The molecule has 3 aromatic heterocycles. The number of halogens is 1. The van der Waals surface area contributed by atoms with E-state index in [1.165, 1.54) is 29.7 Å². The molecule has 0 spiro atoms. The summed E-state index contributed by atoms with van der Waals surface area (Å²) < 4.78 is 14.3. The van der Waals surface area contributed by atoms with Crippen molar-refractivity contribution in [2.24, 2.45) is 0 Å². The van der Waals surface area contributed by atoms with Gasteiger partial charge in [0.2, 0.25) is 0 Å². The third-order valence-electron chi connectivity index (χ3n) is 4.06. The van der Waals surface area contributed by atoms with Crippen LogP contribution in [0, 0.1) is 5.82 Å². The monoisotopic (exact) mass is 381 g/mol. The van der Waals surface area contributed by atoms with Crippen molar-refractivity contribution in [2.75, 3.05) is 0 Å². The summed E-state index contributed by atoms with van der Waals surface area (Å²) in [5.41, 5.74) is 1.36. The number of benzene rings is 1. The number of carboxylic acid groups (broad SMARTS) is 1. The Bertz CT molecular complexity index is 1200. The van der Waals surface area contributed by atoms with Gasteiger partial charge in [0.1, 0.15) is 23.0 Å². The fourth-order valence-corrected chi connectivity index (χ4v) is 3.80. The van der Waals surface area contributed by atoms with Crippen molar-refractivity contribution in [3.63, 3.8) is 0 Å². The predicted molar refractivity (Wildman–Crippen MR) is 100 cm³/mol. The number of thiophene rings is 1. The van der Waals surface area contributed by atoms with Gasteiger partial charge < -0.3 is 5.11 Å². The van der Waals surface area contributed by atoms with Crippen molar-refractivity contribution in [3.8, 4) is 22.5 Å². The van der Waals surface area contributed by atoms with E-state index < -0.39 is 18.1 Å². The lowest BCUT2D eigenvalue weighted by atomic mass is 10.1. The molecule has 1 N–H and O–H groups in total. The molecule has 0 radical (unpaired) electrons. The Morgan fingerprint density at radius 1 is 1.19 bits per heavy atom. The minimum atomic E-state index is -1.15. The summed E-state index contributed by atoms with van der Waals surface area (Å²) >= 11 is 1.28. The van der Waals surface area contributed by atoms with Gasteiger partial charge in [-0.2, -0.15) is 0 Å². The molecule has 0 saturated heterocycles. The molecule has 8 heteroatoms. The number of hydrogen-bond acceptors (Lipinski definition) is 5. The maximum Gasteiger partial charge on any atom is 0.323 e. The van der Waals surface area contributed by atoms with Crippen LogP contribution in [0.3, 0.4) is 0 Å². The highest BCUT2D eigenvalue weighted by Gasteiger charge is 2.19. The van der Waals surface area contributed by atoms with E-state index in [-0.39, 0.29) is 11.6 Å². The minimum Gasteiger partial charge on any atom is -0.480 e. The summed E-state index contributed by atoms with van der Waals surface area (Å²) in [7, 11) is 0. The molecule has 4 aromatic rings. The molecule has 0 aliphatic heterocycles. The van der Waals surface area contributed by atoms with Crippen molar-refractivity contribution < 1.29 is 14.3 Å². The first-order valence-corrected chi connectivity index (χ1v) is 8.82. The Hall–Kier alpha value is -3.39. The third kappa shape index (κ3) is 3.11. The molecule has 3 heterocycles. The second-order valence-corrected chi connectivity index (χ2v) is 6.66. The highest BCUT2D eigenvalue weighted by molar-refractivity contribution is 7.17. The van der Waals surface area contributed by atoms with E-state index in [1.54, 1.807) is 35.8 Å². The Morgan fingerprint density at radius 2 is 1.96 bits per heavy atom. The average Bonchev–Trinajstić information content (AvgIpc) is 3.09. The van der Waals surface area contributed by atoms with Crippen molar-refractivity contribution in [3.05, 3.63) is 70.3 Å². The Labute approximate surface area is 156 Å². The summed E-state index contributed by atoms with van der Waals surface area (Å²) in [6, 6.07) is 9.18. The summed E-state index contributed by atoms with van der Waals surface area (Å²) in [5, 5.41) is 11.3. The van der Waals surface area contributed by atoms with Crippen LogP contribution in [-0.2, 0) is 11.3 Å². The van der Waals surface area contributed by atoms with Crippen molar-refractivity contribution in [1.29, 1.82) is 0 Å². The van der Waals surface area contributed by atoms with Gasteiger partial charge in [0, 0.05) is 28.9 Å². The van der Waals surface area contributed by atoms with Crippen LogP contribution >= 0.6 is 11.3 Å². The summed E-state index contributed by atoms with van der Waals surface area (Å²) in [6.07, 6.45) is 3.11. The highest BCUT2D eigenvalue weighted by Crippen LogP contribution is 2.32. The van der Waals surface area contributed by atoms with E-state index in [2.05, 4.69) is 9.97 Å². The number of aliphatic carboxylic acids is 1. The van der Waals surface area contributed by atoms with E-state index in [0.717, 1.165) is 4.57 Å². The maximum absolute atomic E-state index is 13.2. The van der Waals surface area contributed by atoms with Crippen molar-refractivity contribution in [1.82, 2.24) is 14.5 Å². The van der Waals surface area contributed by atoms with Gasteiger partial charge in [-0.1, -0.05) is 12.1 Å². The van der Waals surface area contributed by atoms with Gasteiger partial charge in [0.15, 0.2) is 0 Å². The molecule has 134 valence electrons. The number of aromatic nitrogens is 3. The molecule has 4 rings (SSSR count). The normalized spacial score (nSPS) is 11.0. The molecule has 0 amide bonds. The van der Waals surface area contributed by atoms with Crippen LogP contribution in [0.15, 0.2) is 59.0 Å². The zero-order valence-corrected chi connectivity index (χ0v) is 14.6. The van der Waals surface area contributed by atoms with E-state index in [0.29, 0.717) is 26.9 Å². The standard InChI is InChI=1S/C19H12FN3O3S/c20-13-5-3-11(4-6-13)14-10-27-18-16(14)19(26)23(9-15(24)25)17(22-18)12-2-1-7-21-8-12/h1-8,10H,9H2,(H,24,25). The molecule has 0 aliphatic rings. The smallest absolute Gasteiger partial charge is 0.323 e. The SMILES string of the molecule is O=C(O)Cn1c(-c2cccnc2)nc2scc(-c3ccc(F)cc3)c2c1=O. The lowest BCUT2D eigenvalue weighted by molar-refractivity contribution is -0.137. The van der Waals surface area contributed by atoms with E-state index in [9.17, 15) is 19.1 Å². The summed E-state index contributed by atoms with van der Waals surface area (Å²) in [6.45, 7) is -0.523. The summed E-state index contributed by atoms with van der Waals surface area (Å²) in [4.78, 5) is 33.5. The largest absolute Gasteiger partial charge is 0.480 e. The number of carbonyl (C=O) groups is 1. The van der Waals surface area contributed by atoms with E-state index in [1.807, 2.05) is 0 Å². The van der Waals surface area contributed by atoms with Crippen molar-refractivity contribution >= 4 is 27.5 Å². The fraction of sp³-hybridized carbons (Fsp3) is 0.0526. The molecule has 0 fully saturated rings. The topological polar surface area (TPSA) is 85.1 Å². The Morgan fingerprint density at radius 3 is 2.63 bits per heavy atom. The maximum atomic E-state index is 13.2. The average molecular weight is 381 g/mol. The minimum absolute atomic E-state index is 0.246. The molecule has 6 nitrogen and oxygen atoms in total. The van der Waals surface area contributed by atoms with Gasteiger partial charge in [-0.15, -0.1) is 11.3 Å². The fourth-order valence-electron chi connectivity index (χ4n) is 2.86. The highest BCUT2D eigenvalue weighted by atomic mass is 32.1. The van der Waals surface area contributed by atoms with Gasteiger partial charge >= 0.3 is 5.97 Å². The Balaban J connectivity index is 2.01. The zero-order valence-electron chi connectivity index (χ0n) is 13.8. The van der Waals surface area contributed by atoms with Crippen LogP contribution in [0.2, 0.25) is 0 Å². The third-order valence-corrected chi connectivity index (χ3v) is 4.93. The van der Waals surface area contributed by atoms with Gasteiger partial charge in [-0.05, 0) is 29.8 Å². The first kappa shape index (κ1) is 17.0. The molecule has 0 unspecified atom stereocenters. The second kappa shape index (κ2) is 6.73. The number of fused-ring (bicyclic) bond motifs is 1. The number of carboxylic acids is 1. The zero-order chi connectivity index (χ0) is 19.0. The van der Waals surface area contributed by atoms with Crippen LogP contribution in [-0.4, -0.2) is 25.6 Å². The molecule has 27 heavy (non-hydrogen) atoms. The number of rotatable bonds is 4. The van der Waals surface area contributed by atoms with Gasteiger partial charge in [-0.3, -0.25) is 19.1 Å². The lowest BCUT2D eigenvalue weighted by Gasteiger charge is -2.11. The number of pyridine rings is 1. The van der Waals surface area contributed by atoms with Gasteiger partial charge in [-0.25, -0.2) is 9.37 Å². The van der Waals surface area contributed by atoms with Crippen LogP contribution in [0.25, 0.3) is 32.7 Å². The molecule has 0 aliphatic carbocycles. The van der Waals surface area contributed by atoms with Crippen molar-refractivity contribution in [2.45, 2.75) is 6.54 Å². The Kier molecular flexibility index (Phi) is 4.25. The predicted octanol–water partition coefficient (Wildman–Crippen LogP) is 3.41. The van der Waals surface area contributed by atoms with Gasteiger partial charge in [0.05, 0.1) is 5.39 Å². The molecule has 0 bridgehead atoms. The quantitative estimate of drug-likeness (QED) is 0.586. The summed E-state index contributed by atoms with van der Waals surface area (Å²) in [5.74, 6) is -1.28. The lowest BCUT2D eigenvalue weighted by Crippen LogP contribution is -2.26. The van der Waals surface area contributed by atoms with Crippen LogP contribution in [0.1, 0.15) is 0 Å². The van der Waals surface area contributed by atoms with E-state index in [4.69, 9.17) is 0 Å².